The quantitative estimate of drug-likeness (QED) is 0.136. The molecule has 15 heteroatoms. The van der Waals surface area contributed by atoms with Crippen molar-refractivity contribution in [3.63, 3.8) is 0 Å². The average molecular weight is 550 g/mol. The Hall–Kier alpha value is -1.47. The van der Waals surface area contributed by atoms with E-state index in [0.29, 0.717) is 0 Å². The molecule has 2 amide bonds. The Labute approximate surface area is 206 Å². The fourth-order valence-electron chi connectivity index (χ4n) is 3.33. The zero-order valence-corrected chi connectivity index (χ0v) is 20.6. The first-order chi connectivity index (χ1) is 14.8. The highest BCUT2D eigenvalue weighted by Crippen LogP contribution is 2.63. The predicted molar refractivity (Wildman–Crippen MR) is 120 cm³/mol. The molecule has 3 unspecified atom stereocenters. The van der Waals surface area contributed by atoms with Crippen molar-refractivity contribution in [3.05, 3.63) is 22.6 Å². The second-order valence-corrected chi connectivity index (χ2v) is 11.0. The van der Waals surface area contributed by atoms with Gasteiger partial charge in [-0.2, -0.15) is 0 Å². The summed E-state index contributed by atoms with van der Waals surface area (Å²) in [5.41, 5.74) is 2.55. The van der Waals surface area contributed by atoms with Gasteiger partial charge in [-0.1, -0.05) is 64.4 Å². The minimum Gasteiger partial charge on any atom is -0.477 e. The molecule has 2 heterocycles. The van der Waals surface area contributed by atoms with Gasteiger partial charge in [0.05, 0.1) is 4.24 Å². The van der Waals surface area contributed by atoms with Gasteiger partial charge in [0.15, 0.2) is 16.0 Å². The topological polar surface area (TPSA) is 145 Å². The highest BCUT2D eigenvalue weighted by molar-refractivity contribution is 8.23. The number of hydrogen-bond acceptors (Lipinski definition) is 9. The number of carbonyl (C=O) groups is 4. The van der Waals surface area contributed by atoms with Gasteiger partial charge in [-0.3, -0.25) is 9.69 Å². The Morgan fingerprint density at radius 2 is 1.94 bits per heavy atom. The molecule has 2 rings (SSSR count). The lowest BCUT2D eigenvalue weighted by Gasteiger charge is -2.54. The SMILES string of the molecule is C=CC[C@]12SC(SC(C)OC(N)=O)=C(C(=O)O)N1C(=O)[C@@H]2C(C)OC(=O)OC(Cl)C(Cl)Cl. The van der Waals surface area contributed by atoms with Crippen molar-refractivity contribution < 1.29 is 38.5 Å². The van der Waals surface area contributed by atoms with Gasteiger partial charge >= 0.3 is 18.2 Å². The third kappa shape index (κ3) is 5.36. The van der Waals surface area contributed by atoms with Gasteiger partial charge in [0, 0.05) is 0 Å². The first-order valence-electron chi connectivity index (χ1n) is 8.89. The van der Waals surface area contributed by atoms with E-state index in [1.807, 2.05) is 0 Å². The van der Waals surface area contributed by atoms with E-state index in [4.69, 9.17) is 54.7 Å². The number of primary amides is 1. The van der Waals surface area contributed by atoms with E-state index in [-0.39, 0.29) is 16.4 Å². The highest BCUT2D eigenvalue weighted by atomic mass is 35.5. The Bertz CT molecular complexity index is 858. The lowest BCUT2D eigenvalue weighted by molar-refractivity contribution is -0.167. The van der Waals surface area contributed by atoms with Gasteiger partial charge in [0.2, 0.25) is 11.5 Å². The number of fused-ring (bicyclic) bond motifs is 1. The van der Waals surface area contributed by atoms with Crippen LogP contribution in [0.4, 0.5) is 9.59 Å². The van der Waals surface area contributed by atoms with Crippen molar-refractivity contribution in [3.8, 4) is 0 Å². The molecule has 0 bridgehead atoms. The van der Waals surface area contributed by atoms with E-state index in [0.717, 1.165) is 28.4 Å². The Morgan fingerprint density at radius 1 is 1.31 bits per heavy atom. The molecule has 0 aromatic heterocycles. The van der Waals surface area contributed by atoms with Gasteiger partial charge < -0.3 is 25.1 Å². The lowest BCUT2D eigenvalue weighted by atomic mass is 9.80. The Morgan fingerprint density at radius 3 is 2.44 bits per heavy atom. The number of β-lactam (4-membered cyclic amide) rings is 1. The number of aliphatic carboxylic acids is 1. The molecule has 32 heavy (non-hydrogen) atoms. The predicted octanol–water partition coefficient (Wildman–Crippen LogP) is 3.80. The molecule has 0 aromatic carbocycles. The summed E-state index contributed by atoms with van der Waals surface area (Å²) < 4.78 is 15.0. The third-order valence-corrected chi connectivity index (χ3v) is 8.16. The second-order valence-electron chi connectivity index (χ2n) is 6.53. The fraction of sp³-hybridized carbons (Fsp3) is 0.529. The van der Waals surface area contributed by atoms with Gasteiger partial charge in [0.1, 0.15) is 16.9 Å². The molecule has 0 radical (unpaired) electrons. The molecule has 178 valence electrons. The minimum absolute atomic E-state index is 0.173. The van der Waals surface area contributed by atoms with Crippen molar-refractivity contribution in [2.45, 2.75) is 47.1 Å². The molecule has 5 atom stereocenters. The fourth-order valence-corrected chi connectivity index (χ4v) is 6.76. The van der Waals surface area contributed by atoms with E-state index < -0.39 is 56.9 Å². The number of carboxylic acids is 1. The summed E-state index contributed by atoms with van der Waals surface area (Å²) in [6, 6.07) is 0. The molecule has 2 aliphatic heterocycles. The van der Waals surface area contributed by atoms with Gasteiger partial charge in [0.25, 0.3) is 0 Å². The number of nitrogens with zero attached hydrogens (tertiary/aromatic N) is 1. The lowest BCUT2D eigenvalue weighted by Crippen LogP contribution is -2.70. The summed E-state index contributed by atoms with van der Waals surface area (Å²) in [4.78, 5) is 46.7. The standard InChI is InChI=1S/C17H19Cl3N2O8S2/c1-4-5-17-8(6(2)28-16(27)30-11(20)10(18)19)12(23)22(17)9(13(24)25)14(32-17)31-7(3)29-15(21)26/h4,6-8,10-11H,1,5H2,2-3H3,(H2,21,26)(H,24,25)/t6?,7?,8-,11?,17+/m0/s1. The summed E-state index contributed by atoms with van der Waals surface area (Å²) in [6.45, 7) is 6.64. The third-order valence-electron chi connectivity index (χ3n) is 4.39. The molecule has 0 aromatic rings. The van der Waals surface area contributed by atoms with E-state index >= 15 is 0 Å². The maximum Gasteiger partial charge on any atom is 0.510 e. The average Bonchev–Trinajstić information content (AvgIpc) is 2.90. The molecule has 10 nitrogen and oxygen atoms in total. The summed E-state index contributed by atoms with van der Waals surface area (Å²) in [5.74, 6) is -2.86. The molecule has 2 aliphatic rings. The van der Waals surface area contributed by atoms with Gasteiger partial charge in [-0.05, 0) is 20.3 Å². The van der Waals surface area contributed by atoms with E-state index in [9.17, 15) is 24.3 Å². The van der Waals surface area contributed by atoms with Crippen LogP contribution in [0.2, 0.25) is 0 Å². The second kappa shape index (κ2) is 10.6. The van der Waals surface area contributed by atoms with Crippen molar-refractivity contribution in [2.24, 2.45) is 11.7 Å². The largest absolute Gasteiger partial charge is 0.510 e. The van der Waals surface area contributed by atoms with Crippen LogP contribution in [0.3, 0.4) is 0 Å². The zero-order valence-electron chi connectivity index (χ0n) is 16.7. The van der Waals surface area contributed by atoms with Crippen molar-refractivity contribution >= 4 is 82.5 Å². The van der Waals surface area contributed by atoms with Crippen molar-refractivity contribution in [2.75, 3.05) is 0 Å². The number of rotatable bonds is 10. The number of ether oxygens (including phenoxy) is 3. The summed E-state index contributed by atoms with van der Waals surface area (Å²) in [6.07, 6.45) is -1.56. The number of nitrogens with two attached hydrogens (primary N) is 1. The molecule has 0 spiro atoms. The number of thioether (sulfide) groups is 2. The number of amides is 2. The molecular formula is C17H19Cl3N2O8S2. The van der Waals surface area contributed by atoms with E-state index in [2.05, 4.69) is 6.58 Å². The maximum absolute atomic E-state index is 13.0. The molecule has 0 aliphatic carbocycles. The molecule has 1 fully saturated rings. The van der Waals surface area contributed by atoms with Crippen LogP contribution in [0.1, 0.15) is 20.3 Å². The van der Waals surface area contributed by atoms with Crippen LogP contribution in [-0.4, -0.2) is 60.9 Å². The van der Waals surface area contributed by atoms with Crippen LogP contribution in [0, 0.1) is 5.92 Å². The molecule has 3 N–H and O–H groups in total. The van der Waals surface area contributed by atoms with Crippen LogP contribution in [0.25, 0.3) is 0 Å². The van der Waals surface area contributed by atoms with E-state index in [1.165, 1.54) is 19.9 Å². The Kier molecular flexibility index (Phi) is 8.90. The first kappa shape index (κ1) is 26.8. The van der Waals surface area contributed by atoms with Gasteiger partial charge in [-0.25, -0.2) is 14.4 Å². The molecular weight excluding hydrogens is 531 g/mol. The summed E-state index contributed by atoms with van der Waals surface area (Å²) >= 11 is 18.7. The normalized spacial score (nSPS) is 24.9. The molecule has 1 saturated heterocycles. The highest BCUT2D eigenvalue weighted by Gasteiger charge is 2.69. The minimum atomic E-state index is -1.37. The van der Waals surface area contributed by atoms with Crippen LogP contribution >= 0.6 is 58.3 Å². The monoisotopic (exact) mass is 548 g/mol. The number of carbonyl (C=O) groups excluding carboxylic acids is 3. The van der Waals surface area contributed by atoms with Crippen molar-refractivity contribution in [1.29, 1.82) is 0 Å². The smallest absolute Gasteiger partial charge is 0.477 e. The van der Waals surface area contributed by atoms with Gasteiger partial charge in [-0.15, -0.1) is 6.58 Å². The van der Waals surface area contributed by atoms with Crippen LogP contribution in [-0.2, 0) is 23.8 Å². The van der Waals surface area contributed by atoms with Crippen molar-refractivity contribution in [1.82, 2.24) is 4.90 Å². The summed E-state index contributed by atoms with van der Waals surface area (Å²) in [5, 5.41) is 9.74. The molecule has 0 saturated carbocycles. The zero-order chi connectivity index (χ0) is 24.4. The van der Waals surface area contributed by atoms with Crippen LogP contribution in [0.15, 0.2) is 22.6 Å². The summed E-state index contributed by atoms with van der Waals surface area (Å²) in [7, 11) is 0. The number of alkyl halides is 3. The maximum atomic E-state index is 13.0. The first-order valence-corrected chi connectivity index (χ1v) is 11.9. The number of carboxylic acid groups (broad SMARTS) is 1. The van der Waals surface area contributed by atoms with E-state index in [1.54, 1.807) is 0 Å². The van der Waals surface area contributed by atoms with Crippen LogP contribution < -0.4 is 5.73 Å². The Balaban J connectivity index is 2.27. The van der Waals surface area contributed by atoms with Crippen LogP contribution in [0.5, 0.6) is 0 Å². The number of hydrogen-bond donors (Lipinski definition) is 2. The number of halogens is 3.